The van der Waals surface area contributed by atoms with Gasteiger partial charge < -0.3 is 4.74 Å². The van der Waals surface area contributed by atoms with Crippen LogP contribution in [0.4, 0.5) is 0 Å². The van der Waals surface area contributed by atoms with Gasteiger partial charge in [0.25, 0.3) is 5.91 Å². The van der Waals surface area contributed by atoms with E-state index in [1.807, 2.05) is 5.16 Å². The van der Waals surface area contributed by atoms with Crippen molar-refractivity contribution in [3.63, 3.8) is 0 Å². The van der Waals surface area contributed by atoms with Crippen molar-refractivity contribution in [1.29, 1.82) is 0 Å². The van der Waals surface area contributed by atoms with Crippen LogP contribution in [0.5, 0.6) is 5.75 Å². The summed E-state index contributed by atoms with van der Waals surface area (Å²) in [6.45, 7) is 1.55. The quantitative estimate of drug-likeness (QED) is 0.627. The summed E-state index contributed by atoms with van der Waals surface area (Å²) in [5, 5.41) is 2.81. The van der Waals surface area contributed by atoms with Crippen molar-refractivity contribution < 1.29 is 9.53 Å². The molecule has 0 fully saturated rings. The van der Waals surface area contributed by atoms with Crippen molar-refractivity contribution in [2.45, 2.75) is 13.0 Å². The zero-order valence-electron chi connectivity index (χ0n) is 8.24. The van der Waals surface area contributed by atoms with Crippen molar-refractivity contribution in [2.75, 3.05) is 0 Å². The number of thiocarbonyl (C=S) groups is 1. The normalized spacial score (nSPS) is 11.4. The van der Waals surface area contributed by atoms with Crippen molar-refractivity contribution in [1.82, 2.24) is 0 Å². The number of hydrogen-bond donors (Lipinski definition) is 0. The molecule has 0 radical (unpaired) electrons. The fraction of sp³-hybridized carbons (Fsp3) is 0.200. The molecule has 1 aromatic carbocycles. The summed E-state index contributed by atoms with van der Waals surface area (Å²) < 4.78 is 5.29. The molecule has 0 aliphatic heterocycles. The highest BCUT2D eigenvalue weighted by atomic mass is 35.5. The highest BCUT2D eigenvalue weighted by Crippen LogP contribution is 2.28. The Morgan fingerprint density at radius 3 is 2.81 bits per heavy atom. The van der Waals surface area contributed by atoms with Crippen molar-refractivity contribution in [3.05, 3.63) is 28.2 Å². The molecule has 0 aliphatic rings. The molecule has 0 bridgehead atoms. The van der Waals surface area contributed by atoms with Gasteiger partial charge in [0.2, 0.25) is 0 Å². The molecular formula is C10H7Cl2NO2S. The van der Waals surface area contributed by atoms with Crippen LogP contribution in [0.1, 0.15) is 6.92 Å². The van der Waals surface area contributed by atoms with Crippen LogP contribution < -0.4 is 4.74 Å². The maximum absolute atomic E-state index is 11.2. The molecule has 0 aliphatic carbocycles. The van der Waals surface area contributed by atoms with E-state index in [4.69, 9.17) is 27.9 Å². The van der Waals surface area contributed by atoms with Gasteiger partial charge in [-0.3, -0.25) is 4.79 Å². The van der Waals surface area contributed by atoms with Crippen LogP contribution >= 0.6 is 35.4 Å². The van der Waals surface area contributed by atoms with Gasteiger partial charge in [-0.05, 0) is 37.3 Å². The number of nitrogens with zero attached hydrogens (tertiary/aromatic N) is 1. The maximum atomic E-state index is 11.2. The molecule has 3 nitrogen and oxygen atoms in total. The van der Waals surface area contributed by atoms with E-state index in [1.165, 1.54) is 6.07 Å². The average molecular weight is 276 g/mol. The van der Waals surface area contributed by atoms with E-state index < -0.39 is 12.0 Å². The van der Waals surface area contributed by atoms with Crippen LogP contribution in [-0.4, -0.2) is 17.2 Å². The van der Waals surface area contributed by atoms with Gasteiger partial charge in [0.05, 0.1) is 10.2 Å². The molecule has 1 rings (SSSR count). The number of aliphatic imine (C=N–C) groups is 1. The molecule has 0 unspecified atom stereocenters. The summed E-state index contributed by atoms with van der Waals surface area (Å²) in [5.41, 5.74) is 0. The maximum Gasteiger partial charge on any atom is 0.295 e. The minimum Gasteiger partial charge on any atom is -0.479 e. The average Bonchev–Trinajstić information content (AvgIpc) is 2.22. The summed E-state index contributed by atoms with van der Waals surface area (Å²) in [5.74, 6) is -0.146. The van der Waals surface area contributed by atoms with Gasteiger partial charge in [0.1, 0.15) is 5.75 Å². The molecule has 1 aromatic rings. The smallest absolute Gasteiger partial charge is 0.295 e. The third kappa shape index (κ3) is 3.58. The summed E-state index contributed by atoms with van der Waals surface area (Å²) in [6.07, 6.45) is -0.769. The number of benzene rings is 1. The number of hydrogen-bond acceptors (Lipinski definition) is 3. The minimum atomic E-state index is -0.769. The van der Waals surface area contributed by atoms with Gasteiger partial charge in [-0.2, -0.15) is 4.99 Å². The summed E-state index contributed by atoms with van der Waals surface area (Å²) in [7, 11) is 0. The molecule has 0 aromatic heterocycles. The SMILES string of the molecule is C[C@H](Oc1ccc(Cl)cc1Cl)C(=O)N=C=S. The van der Waals surface area contributed by atoms with Crippen molar-refractivity contribution in [3.8, 4) is 5.75 Å². The lowest BCUT2D eigenvalue weighted by Crippen LogP contribution is -2.21. The molecule has 0 saturated heterocycles. The Morgan fingerprint density at radius 2 is 2.25 bits per heavy atom. The van der Waals surface area contributed by atoms with E-state index in [0.29, 0.717) is 15.8 Å². The number of rotatable bonds is 3. The standard InChI is InChI=1S/C10H7Cl2NO2S/c1-6(10(14)13-5-16)15-9-3-2-7(11)4-8(9)12/h2-4,6H,1H3/t6-/m0/s1. The first-order chi connectivity index (χ1) is 7.54. The van der Waals surface area contributed by atoms with Crippen LogP contribution in [-0.2, 0) is 4.79 Å². The van der Waals surface area contributed by atoms with E-state index in [1.54, 1.807) is 19.1 Å². The van der Waals surface area contributed by atoms with Crippen LogP contribution in [0.3, 0.4) is 0 Å². The fourth-order valence-corrected chi connectivity index (χ4v) is 1.49. The topological polar surface area (TPSA) is 38.7 Å². The summed E-state index contributed by atoms with van der Waals surface area (Å²) in [6, 6.07) is 4.72. The molecule has 84 valence electrons. The van der Waals surface area contributed by atoms with Crippen LogP contribution in [0.25, 0.3) is 0 Å². The van der Waals surface area contributed by atoms with Gasteiger partial charge in [-0.1, -0.05) is 23.2 Å². The highest BCUT2D eigenvalue weighted by Gasteiger charge is 2.14. The third-order valence-corrected chi connectivity index (χ3v) is 2.32. The number of amides is 1. The minimum absolute atomic E-state index is 0.332. The Hall–Kier alpha value is -0.930. The number of carbonyl (C=O) groups excluding carboxylic acids is 1. The first-order valence-corrected chi connectivity index (χ1v) is 5.44. The van der Waals surface area contributed by atoms with E-state index in [2.05, 4.69) is 17.2 Å². The molecule has 1 amide bonds. The lowest BCUT2D eigenvalue weighted by Gasteiger charge is -2.11. The van der Waals surface area contributed by atoms with E-state index in [0.717, 1.165) is 0 Å². The highest BCUT2D eigenvalue weighted by molar-refractivity contribution is 7.78. The van der Waals surface area contributed by atoms with Gasteiger partial charge in [-0.25, -0.2) is 0 Å². The first kappa shape index (κ1) is 13.1. The van der Waals surface area contributed by atoms with Gasteiger partial charge >= 0.3 is 0 Å². The Morgan fingerprint density at radius 1 is 1.56 bits per heavy atom. The Bertz CT molecular complexity index is 458. The summed E-state index contributed by atoms with van der Waals surface area (Å²) >= 11 is 15.9. The second kappa shape index (κ2) is 5.97. The molecule has 0 heterocycles. The predicted molar refractivity (Wildman–Crippen MR) is 66.6 cm³/mol. The number of halogens is 2. The molecule has 0 N–H and O–H groups in total. The lowest BCUT2D eigenvalue weighted by molar-refractivity contribution is -0.123. The Balaban J connectivity index is 2.80. The summed E-state index contributed by atoms with van der Waals surface area (Å²) in [4.78, 5) is 14.5. The second-order valence-corrected chi connectivity index (χ2v) is 3.90. The van der Waals surface area contributed by atoms with E-state index >= 15 is 0 Å². The van der Waals surface area contributed by atoms with Gasteiger partial charge in [0.15, 0.2) is 6.10 Å². The fourth-order valence-electron chi connectivity index (χ4n) is 0.948. The van der Waals surface area contributed by atoms with E-state index in [-0.39, 0.29) is 0 Å². The largest absolute Gasteiger partial charge is 0.479 e. The third-order valence-electron chi connectivity index (χ3n) is 1.70. The second-order valence-electron chi connectivity index (χ2n) is 2.88. The molecule has 6 heteroatoms. The van der Waals surface area contributed by atoms with Crippen molar-refractivity contribution >= 4 is 46.5 Å². The molecule has 0 spiro atoms. The zero-order valence-corrected chi connectivity index (χ0v) is 10.6. The molecule has 1 atom stereocenters. The van der Waals surface area contributed by atoms with Crippen LogP contribution in [0.2, 0.25) is 10.0 Å². The Labute approximate surface area is 108 Å². The molecular weight excluding hydrogens is 269 g/mol. The zero-order chi connectivity index (χ0) is 12.1. The first-order valence-electron chi connectivity index (χ1n) is 4.28. The van der Waals surface area contributed by atoms with Crippen molar-refractivity contribution in [2.24, 2.45) is 4.99 Å². The van der Waals surface area contributed by atoms with Gasteiger partial charge in [-0.15, -0.1) is 0 Å². The lowest BCUT2D eigenvalue weighted by atomic mass is 10.3. The van der Waals surface area contributed by atoms with E-state index in [9.17, 15) is 4.79 Å². The number of carbonyl (C=O) groups is 1. The monoisotopic (exact) mass is 275 g/mol. The van der Waals surface area contributed by atoms with Crippen LogP contribution in [0, 0.1) is 0 Å². The van der Waals surface area contributed by atoms with Crippen LogP contribution in [0.15, 0.2) is 23.2 Å². The van der Waals surface area contributed by atoms with Gasteiger partial charge in [0, 0.05) is 5.02 Å². The Kier molecular flexibility index (Phi) is 4.90. The molecule has 0 saturated carbocycles. The predicted octanol–water partition coefficient (Wildman–Crippen LogP) is 3.39. The number of ether oxygens (including phenoxy) is 1. The number of isothiocyanates is 1. The molecule has 16 heavy (non-hydrogen) atoms.